The maximum Gasteiger partial charge on any atom is 0.214 e. The molecule has 28 heavy (non-hydrogen) atoms. The zero-order chi connectivity index (χ0) is 19.8. The van der Waals surface area contributed by atoms with Crippen molar-refractivity contribution in [1.29, 1.82) is 5.26 Å². The first-order chi connectivity index (χ1) is 13.6. The van der Waals surface area contributed by atoms with Crippen LogP contribution in [-0.2, 0) is 0 Å². The van der Waals surface area contributed by atoms with Gasteiger partial charge in [-0.2, -0.15) is 5.26 Å². The number of aldehydes is 1. The molecule has 2 heterocycles. The average Bonchev–Trinajstić information content (AvgIpc) is 3.21. The van der Waals surface area contributed by atoms with Crippen LogP contribution in [0.15, 0.2) is 42.5 Å². The van der Waals surface area contributed by atoms with Gasteiger partial charge in [0.1, 0.15) is 6.29 Å². The fourth-order valence-electron chi connectivity index (χ4n) is 3.55. The molecule has 0 radical (unpaired) electrons. The molecule has 0 aliphatic heterocycles. The molecule has 0 aliphatic rings. The molecule has 0 N–H and O–H groups in total. The number of nitrogens with zero attached hydrogens (tertiary/aromatic N) is 2. The lowest BCUT2D eigenvalue weighted by atomic mass is 9.96. The van der Waals surface area contributed by atoms with Gasteiger partial charge in [0, 0.05) is 36.4 Å². The Morgan fingerprint density at radius 3 is 2.43 bits per heavy atom. The standard InChI is InChI=1S/C23H14N2OS2/c1-13-21(17-9-8-15(12-26)10-20(17)28-13)18(11-24)23(25-3)22-14(2)27-19-7-5-4-6-16(19)22/h4-10,12H,1-2H3. The number of rotatable bonds is 3. The Balaban J connectivity index is 2.08. The first-order valence-corrected chi connectivity index (χ1v) is 10.2. The van der Waals surface area contributed by atoms with Crippen LogP contribution in [-0.4, -0.2) is 6.29 Å². The van der Waals surface area contributed by atoms with Crippen LogP contribution in [0.2, 0.25) is 0 Å². The molecule has 0 spiro atoms. The molecule has 4 rings (SSSR count). The minimum Gasteiger partial charge on any atom is -0.298 e. The number of carbonyl (C=O) groups is 1. The highest BCUT2D eigenvalue weighted by molar-refractivity contribution is 7.19. The van der Waals surface area contributed by atoms with Crippen LogP contribution in [0.5, 0.6) is 0 Å². The summed E-state index contributed by atoms with van der Waals surface area (Å²) in [7, 11) is 0. The van der Waals surface area contributed by atoms with Gasteiger partial charge in [-0.05, 0) is 36.2 Å². The maximum absolute atomic E-state index is 11.1. The molecule has 0 atom stereocenters. The summed E-state index contributed by atoms with van der Waals surface area (Å²) < 4.78 is 2.05. The lowest BCUT2D eigenvalue weighted by Gasteiger charge is -2.06. The van der Waals surface area contributed by atoms with Gasteiger partial charge in [0.25, 0.3) is 0 Å². The van der Waals surface area contributed by atoms with Gasteiger partial charge in [0.15, 0.2) is 0 Å². The van der Waals surface area contributed by atoms with Crippen molar-refractivity contribution >= 4 is 60.4 Å². The zero-order valence-corrected chi connectivity index (χ0v) is 16.9. The lowest BCUT2D eigenvalue weighted by molar-refractivity contribution is 0.112. The van der Waals surface area contributed by atoms with Gasteiger partial charge in [0.05, 0.1) is 18.2 Å². The van der Waals surface area contributed by atoms with Crippen LogP contribution in [0.4, 0.5) is 0 Å². The topological polar surface area (TPSA) is 45.2 Å². The summed E-state index contributed by atoms with van der Waals surface area (Å²) in [5.41, 5.74) is 3.02. The van der Waals surface area contributed by atoms with Crippen LogP contribution in [0.3, 0.4) is 0 Å². The first kappa shape index (κ1) is 18.1. The van der Waals surface area contributed by atoms with Gasteiger partial charge in [-0.1, -0.05) is 30.3 Å². The van der Waals surface area contributed by atoms with Gasteiger partial charge in [-0.15, -0.1) is 22.7 Å². The Hall–Kier alpha value is -3.25. The molecule has 4 aromatic rings. The molecule has 5 heteroatoms. The van der Waals surface area contributed by atoms with E-state index in [1.54, 1.807) is 28.7 Å². The van der Waals surface area contributed by atoms with Gasteiger partial charge in [0.2, 0.25) is 5.70 Å². The van der Waals surface area contributed by atoms with E-state index in [2.05, 4.69) is 10.9 Å². The van der Waals surface area contributed by atoms with Gasteiger partial charge in [-0.25, -0.2) is 4.85 Å². The predicted octanol–water partition coefficient (Wildman–Crippen LogP) is 6.86. The Labute approximate surface area is 170 Å². The summed E-state index contributed by atoms with van der Waals surface area (Å²) in [4.78, 5) is 16.9. The average molecular weight is 399 g/mol. The lowest BCUT2D eigenvalue weighted by Crippen LogP contribution is -1.90. The number of thiophene rings is 2. The molecule has 2 aromatic heterocycles. The second-order valence-corrected chi connectivity index (χ2v) is 8.90. The van der Waals surface area contributed by atoms with Crippen LogP contribution < -0.4 is 0 Å². The number of benzene rings is 2. The normalized spacial score (nSPS) is 11.9. The highest BCUT2D eigenvalue weighted by Gasteiger charge is 2.22. The number of fused-ring (bicyclic) bond motifs is 2. The van der Waals surface area contributed by atoms with Crippen LogP contribution in [0, 0.1) is 31.8 Å². The Morgan fingerprint density at radius 2 is 1.71 bits per heavy atom. The van der Waals surface area contributed by atoms with Gasteiger partial charge >= 0.3 is 0 Å². The summed E-state index contributed by atoms with van der Waals surface area (Å²) in [5.74, 6) is 0. The van der Waals surface area contributed by atoms with Gasteiger partial charge in [-0.3, -0.25) is 4.79 Å². The first-order valence-electron chi connectivity index (χ1n) is 8.58. The zero-order valence-electron chi connectivity index (χ0n) is 15.2. The molecule has 134 valence electrons. The molecule has 0 unspecified atom stereocenters. The molecular formula is C23H14N2OS2. The number of aryl methyl sites for hydroxylation is 2. The summed E-state index contributed by atoms with van der Waals surface area (Å²) in [5, 5.41) is 12.0. The van der Waals surface area contributed by atoms with E-state index < -0.39 is 0 Å². The molecule has 0 amide bonds. The minimum absolute atomic E-state index is 0.389. The molecule has 3 nitrogen and oxygen atoms in total. The van der Waals surface area contributed by atoms with Crippen molar-refractivity contribution in [3.05, 3.63) is 80.3 Å². The summed E-state index contributed by atoms with van der Waals surface area (Å²) in [6.45, 7) is 11.8. The predicted molar refractivity (Wildman–Crippen MR) is 118 cm³/mol. The van der Waals surface area contributed by atoms with Crippen LogP contribution in [0.1, 0.15) is 31.2 Å². The van der Waals surface area contributed by atoms with Crippen LogP contribution in [0.25, 0.3) is 36.3 Å². The van der Waals surface area contributed by atoms with Crippen molar-refractivity contribution < 1.29 is 4.79 Å². The monoisotopic (exact) mass is 398 g/mol. The van der Waals surface area contributed by atoms with Crippen LogP contribution >= 0.6 is 22.7 Å². The molecule has 0 aliphatic carbocycles. The van der Waals surface area contributed by atoms with E-state index in [9.17, 15) is 10.1 Å². The van der Waals surface area contributed by atoms with Crippen molar-refractivity contribution in [1.82, 2.24) is 0 Å². The fraction of sp³-hybridized carbons (Fsp3) is 0.0870. The second-order valence-electron chi connectivity index (χ2n) is 6.38. The summed E-state index contributed by atoms with van der Waals surface area (Å²) >= 11 is 3.18. The van der Waals surface area contributed by atoms with Crippen molar-refractivity contribution in [3.8, 4) is 6.07 Å². The third-order valence-electron chi connectivity index (χ3n) is 4.74. The number of hydrogen-bond donors (Lipinski definition) is 0. The van der Waals surface area contributed by atoms with E-state index in [4.69, 9.17) is 6.57 Å². The van der Waals surface area contributed by atoms with Gasteiger partial charge < -0.3 is 0 Å². The smallest absolute Gasteiger partial charge is 0.214 e. The van der Waals surface area contributed by atoms with Crippen molar-refractivity contribution in [2.45, 2.75) is 13.8 Å². The Kier molecular flexibility index (Phi) is 4.57. The van der Waals surface area contributed by atoms with E-state index in [1.165, 1.54) is 0 Å². The fourth-order valence-corrected chi connectivity index (χ4v) is 5.73. The highest BCUT2D eigenvalue weighted by Crippen LogP contribution is 2.43. The van der Waals surface area contributed by atoms with Crippen molar-refractivity contribution in [2.24, 2.45) is 0 Å². The Morgan fingerprint density at radius 1 is 1.04 bits per heavy atom. The maximum atomic E-state index is 11.1. The minimum atomic E-state index is 0.389. The number of carbonyl (C=O) groups excluding carboxylic acids is 1. The molecular weight excluding hydrogens is 384 g/mol. The quantitative estimate of drug-likeness (QED) is 0.215. The molecule has 0 fully saturated rings. The third-order valence-corrected chi connectivity index (χ3v) is 6.90. The second kappa shape index (κ2) is 7.05. The summed E-state index contributed by atoms with van der Waals surface area (Å²) in [6.07, 6.45) is 0.820. The molecule has 0 bridgehead atoms. The summed E-state index contributed by atoms with van der Waals surface area (Å²) in [6, 6.07) is 15.7. The molecule has 0 saturated carbocycles. The molecule has 0 saturated heterocycles. The van der Waals surface area contributed by atoms with E-state index >= 15 is 0 Å². The van der Waals surface area contributed by atoms with E-state index in [-0.39, 0.29) is 0 Å². The number of hydrogen-bond acceptors (Lipinski definition) is 4. The molecule has 2 aromatic carbocycles. The largest absolute Gasteiger partial charge is 0.298 e. The van der Waals surface area contributed by atoms with Crippen molar-refractivity contribution in [3.63, 3.8) is 0 Å². The van der Waals surface area contributed by atoms with E-state index in [0.29, 0.717) is 16.8 Å². The Bertz CT molecular complexity index is 1370. The van der Waals surface area contributed by atoms with E-state index in [0.717, 1.165) is 47.3 Å². The number of nitriles is 1. The number of allylic oxidation sites excluding steroid dienone is 1. The highest BCUT2D eigenvalue weighted by atomic mass is 32.1. The SMILES string of the molecule is [C-]#[N+]C(=C(C#N)c1c(C)sc2cc(C=O)ccc12)c1c(C)sc2ccccc12. The third kappa shape index (κ3) is 2.73. The van der Waals surface area contributed by atoms with Crippen molar-refractivity contribution in [2.75, 3.05) is 0 Å². The van der Waals surface area contributed by atoms with E-state index in [1.807, 2.05) is 50.2 Å².